The van der Waals surface area contributed by atoms with Gasteiger partial charge in [0.1, 0.15) is 0 Å². The first-order chi connectivity index (χ1) is 12.3. The lowest BCUT2D eigenvalue weighted by atomic mass is 10.2. The number of rotatable bonds is 10. The molecule has 1 heterocycles. The number of guanidine groups is 1. The van der Waals surface area contributed by atoms with Crippen molar-refractivity contribution >= 4 is 11.6 Å². The minimum atomic E-state index is 0.849. The summed E-state index contributed by atoms with van der Waals surface area (Å²) in [5.41, 5.74) is 1.27. The number of aromatic nitrogens is 1. The van der Waals surface area contributed by atoms with Crippen LogP contribution in [0, 0.1) is 0 Å². The number of nitrogens with zero attached hydrogens (tertiary/aromatic N) is 3. The first kappa shape index (κ1) is 18.9. The van der Waals surface area contributed by atoms with Crippen LogP contribution in [-0.4, -0.2) is 43.8 Å². The number of unbranched alkanes of at least 4 members (excludes halogenated alkanes) is 1. The summed E-state index contributed by atoms with van der Waals surface area (Å²) in [5, 5.41) is 6.70. The fraction of sp³-hybridized carbons (Fsp3) is 0.450. The van der Waals surface area contributed by atoms with Crippen molar-refractivity contribution in [3.8, 4) is 0 Å². The van der Waals surface area contributed by atoms with Gasteiger partial charge >= 0.3 is 0 Å². The van der Waals surface area contributed by atoms with E-state index >= 15 is 0 Å². The summed E-state index contributed by atoms with van der Waals surface area (Å²) >= 11 is 0. The van der Waals surface area contributed by atoms with Crippen molar-refractivity contribution in [2.24, 2.45) is 4.99 Å². The average Bonchev–Trinajstić information content (AvgIpc) is 3.15. The van der Waals surface area contributed by atoms with Crippen LogP contribution in [0.3, 0.4) is 0 Å². The first-order valence-electron chi connectivity index (χ1n) is 9.18. The Bertz CT molecular complexity index is 592. The SMILES string of the molecule is CCNC(=NCCCCN(C)c1ccccc1)NCCn1cccc1. The molecule has 0 aliphatic heterocycles. The summed E-state index contributed by atoms with van der Waals surface area (Å²) in [6.07, 6.45) is 6.38. The second-order valence-corrected chi connectivity index (χ2v) is 6.07. The zero-order chi connectivity index (χ0) is 17.7. The van der Waals surface area contributed by atoms with Gasteiger partial charge in [-0.05, 0) is 44.0 Å². The van der Waals surface area contributed by atoms with Gasteiger partial charge in [-0.15, -0.1) is 0 Å². The van der Waals surface area contributed by atoms with Crippen LogP contribution >= 0.6 is 0 Å². The Kier molecular flexibility index (Phi) is 8.45. The van der Waals surface area contributed by atoms with Crippen molar-refractivity contribution in [3.05, 3.63) is 54.9 Å². The summed E-state index contributed by atoms with van der Waals surface area (Å²) in [7, 11) is 2.14. The molecular weight excluding hydrogens is 310 g/mol. The lowest BCUT2D eigenvalue weighted by molar-refractivity contribution is 0.662. The van der Waals surface area contributed by atoms with Crippen molar-refractivity contribution in [2.75, 3.05) is 38.1 Å². The van der Waals surface area contributed by atoms with Gasteiger partial charge in [-0.3, -0.25) is 4.99 Å². The molecule has 0 bridgehead atoms. The normalized spacial score (nSPS) is 11.4. The van der Waals surface area contributed by atoms with Crippen LogP contribution in [0.2, 0.25) is 0 Å². The van der Waals surface area contributed by atoms with Crippen LogP contribution in [0.4, 0.5) is 5.69 Å². The Morgan fingerprint density at radius 3 is 2.52 bits per heavy atom. The summed E-state index contributed by atoms with van der Waals surface area (Å²) in [6, 6.07) is 14.6. The van der Waals surface area contributed by atoms with E-state index in [0.29, 0.717) is 0 Å². The number of anilines is 1. The van der Waals surface area contributed by atoms with E-state index in [9.17, 15) is 0 Å². The van der Waals surface area contributed by atoms with E-state index in [1.165, 1.54) is 5.69 Å². The highest BCUT2D eigenvalue weighted by atomic mass is 15.2. The quantitative estimate of drug-likeness (QED) is 0.397. The second kappa shape index (κ2) is 11.2. The topological polar surface area (TPSA) is 44.6 Å². The zero-order valence-corrected chi connectivity index (χ0v) is 15.5. The summed E-state index contributed by atoms with van der Waals surface area (Å²) in [6.45, 7) is 6.69. The van der Waals surface area contributed by atoms with Gasteiger partial charge in [0.2, 0.25) is 0 Å². The minimum absolute atomic E-state index is 0.849. The van der Waals surface area contributed by atoms with E-state index < -0.39 is 0 Å². The fourth-order valence-electron chi connectivity index (χ4n) is 2.63. The van der Waals surface area contributed by atoms with Crippen molar-refractivity contribution in [3.63, 3.8) is 0 Å². The molecule has 0 spiro atoms. The summed E-state index contributed by atoms with van der Waals surface area (Å²) in [4.78, 5) is 6.96. The largest absolute Gasteiger partial charge is 0.375 e. The van der Waals surface area contributed by atoms with Gasteiger partial charge in [0.05, 0.1) is 0 Å². The highest BCUT2D eigenvalue weighted by molar-refractivity contribution is 5.79. The van der Waals surface area contributed by atoms with E-state index in [2.05, 4.69) is 81.8 Å². The Morgan fingerprint density at radius 2 is 1.80 bits per heavy atom. The lowest BCUT2D eigenvalue weighted by Gasteiger charge is -2.18. The highest BCUT2D eigenvalue weighted by Crippen LogP contribution is 2.11. The van der Waals surface area contributed by atoms with Crippen LogP contribution in [0.5, 0.6) is 0 Å². The Morgan fingerprint density at radius 1 is 1.04 bits per heavy atom. The first-order valence-corrected chi connectivity index (χ1v) is 9.18. The van der Waals surface area contributed by atoms with E-state index in [1.54, 1.807) is 0 Å². The molecular formula is C20H31N5. The van der Waals surface area contributed by atoms with Crippen molar-refractivity contribution in [1.29, 1.82) is 0 Å². The van der Waals surface area contributed by atoms with E-state index in [-0.39, 0.29) is 0 Å². The van der Waals surface area contributed by atoms with Crippen LogP contribution in [0.25, 0.3) is 0 Å². The van der Waals surface area contributed by atoms with Gasteiger partial charge in [-0.1, -0.05) is 18.2 Å². The maximum absolute atomic E-state index is 4.67. The molecule has 2 rings (SSSR count). The van der Waals surface area contributed by atoms with Gasteiger partial charge in [-0.25, -0.2) is 0 Å². The van der Waals surface area contributed by atoms with Crippen molar-refractivity contribution in [2.45, 2.75) is 26.3 Å². The molecule has 0 aliphatic carbocycles. The molecule has 0 amide bonds. The smallest absolute Gasteiger partial charge is 0.191 e. The average molecular weight is 342 g/mol. The molecule has 0 fully saturated rings. The van der Waals surface area contributed by atoms with E-state index in [4.69, 9.17) is 0 Å². The number of hydrogen-bond acceptors (Lipinski definition) is 2. The monoisotopic (exact) mass is 341 g/mol. The molecule has 0 unspecified atom stereocenters. The Hall–Kier alpha value is -2.43. The molecule has 1 aromatic heterocycles. The van der Waals surface area contributed by atoms with Gasteiger partial charge in [0.25, 0.3) is 0 Å². The third-order valence-corrected chi connectivity index (χ3v) is 4.04. The molecule has 1 aromatic carbocycles. The van der Waals surface area contributed by atoms with Gasteiger partial charge in [0.15, 0.2) is 5.96 Å². The number of benzene rings is 1. The fourth-order valence-corrected chi connectivity index (χ4v) is 2.63. The molecule has 2 N–H and O–H groups in total. The number of hydrogen-bond donors (Lipinski definition) is 2. The maximum Gasteiger partial charge on any atom is 0.191 e. The van der Waals surface area contributed by atoms with Gasteiger partial charge in [0, 0.05) is 57.9 Å². The third kappa shape index (κ3) is 7.33. The molecule has 0 atom stereocenters. The Balaban J connectivity index is 1.64. The molecule has 0 saturated carbocycles. The highest BCUT2D eigenvalue weighted by Gasteiger charge is 2.00. The number of aliphatic imine (C=N–C) groups is 1. The zero-order valence-electron chi connectivity index (χ0n) is 15.5. The molecule has 0 saturated heterocycles. The molecule has 136 valence electrons. The molecule has 2 aromatic rings. The molecule has 0 radical (unpaired) electrons. The van der Waals surface area contributed by atoms with E-state index in [0.717, 1.165) is 51.5 Å². The number of nitrogens with one attached hydrogen (secondary N) is 2. The van der Waals surface area contributed by atoms with Crippen LogP contribution < -0.4 is 15.5 Å². The summed E-state index contributed by atoms with van der Waals surface area (Å²) < 4.78 is 2.16. The second-order valence-electron chi connectivity index (χ2n) is 6.07. The molecule has 25 heavy (non-hydrogen) atoms. The van der Waals surface area contributed by atoms with Crippen molar-refractivity contribution < 1.29 is 0 Å². The van der Waals surface area contributed by atoms with Crippen LogP contribution in [-0.2, 0) is 6.54 Å². The summed E-state index contributed by atoms with van der Waals surface area (Å²) in [5.74, 6) is 0.908. The molecule has 5 nitrogen and oxygen atoms in total. The van der Waals surface area contributed by atoms with Crippen LogP contribution in [0.1, 0.15) is 19.8 Å². The van der Waals surface area contributed by atoms with Crippen LogP contribution in [0.15, 0.2) is 59.9 Å². The molecule has 0 aliphatic rings. The van der Waals surface area contributed by atoms with Gasteiger partial charge in [-0.2, -0.15) is 0 Å². The minimum Gasteiger partial charge on any atom is -0.375 e. The van der Waals surface area contributed by atoms with Crippen molar-refractivity contribution in [1.82, 2.24) is 15.2 Å². The standard InChI is InChI=1S/C20H31N5/c1-3-21-20(23-14-18-25-16-9-10-17-25)22-13-7-8-15-24(2)19-11-5-4-6-12-19/h4-6,9-12,16-17H,3,7-8,13-15,18H2,1-2H3,(H2,21,22,23). The van der Waals surface area contributed by atoms with Gasteiger partial charge < -0.3 is 20.1 Å². The maximum atomic E-state index is 4.67. The third-order valence-electron chi connectivity index (χ3n) is 4.04. The lowest BCUT2D eigenvalue weighted by Crippen LogP contribution is -2.38. The predicted molar refractivity (Wildman–Crippen MR) is 107 cm³/mol. The van der Waals surface area contributed by atoms with E-state index in [1.807, 2.05) is 12.1 Å². The predicted octanol–water partition coefficient (Wildman–Crippen LogP) is 2.96. The Labute approximate surface area is 151 Å². The number of para-hydroxylation sites is 1. The molecule has 5 heteroatoms.